The van der Waals surface area contributed by atoms with Gasteiger partial charge in [0.05, 0.1) is 12.3 Å². The highest BCUT2D eigenvalue weighted by atomic mass is 19.1. The Morgan fingerprint density at radius 3 is 2.60 bits per heavy atom. The molecule has 25 heavy (non-hydrogen) atoms. The van der Waals surface area contributed by atoms with Gasteiger partial charge in [0.1, 0.15) is 5.82 Å². The van der Waals surface area contributed by atoms with Crippen molar-refractivity contribution in [2.24, 2.45) is 0 Å². The molecule has 0 aliphatic carbocycles. The molecule has 4 rings (SSSR count). The van der Waals surface area contributed by atoms with Crippen LogP contribution in [0.5, 0.6) is 0 Å². The summed E-state index contributed by atoms with van der Waals surface area (Å²) in [6.45, 7) is 1.22. The maximum atomic E-state index is 13.0. The van der Waals surface area contributed by atoms with Crippen LogP contribution in [0.25, 0.3) is 11.4 Å². The summed E-state index contributed by atoms with van der Waals surface area (Å²) in [6.07, 6.45) is 2.98. The molecule has 8 heteroatoms. The molecule has 3 aromatic rings. The molecule has 1 amide bonds. The molecule has 7 nitrogen and oxygen atoms in total. The summed E-state index contributed by atoms with van der Waals surface area (Å²) in [6, 6.07) is 9.45. The van der Waals surface area contributed by atoms with E-state index in [4.69, 9.17) is 4.42 Å². The van der Waals surface area contributed by atoms with Crippen LogP contribution in [0, 0.1) is 5.82 Å². The molecule has 1 saturated heterocycles. The molecule has 1 aliphatic heterocycles. The Balaban J connectivity index is 1.41. The second-order valence-electron chi connectivity index (χ2n) is 5.94. The van der Waals surface area contributed by atoms with Gasteiger partial charge in [-0.1, -0.05) is 0 Å². The van der Waals surface area contributed by atoms with Gasteiger partial charge in [-0.25, -0.2) is 4.39 Å². The van der Waals surface area contributed by atoms with Crippen molar-refractivity contribution in [2.75, 3.05) is 13.1 Å². The summed E-state index contributed by atoms with van der Waals surface area (Å²) < 4.78 is 18.2. The third-order valence-electron chi connectivity index (χ3n) is 4.34. The average Bonchev–Trinajstić information content (AvgIpc) is 3.34. The largest absolute Gasteiger partial charge is 0.459 e. The van der Waals surface area contributed by atoms with E-state index in [9.17, 15) is 9.18 Å². The fraction of sp³-hybridized carbons (Fsp3) is 0.294. The van der Waals surface area contributed by atoms with E-state index < -0.39 is 0 Å². The van der Waals surface area contributed by atoms with Gasteiger partial charge in [0.15, 0.2) is 5.76 Å². The van der Waals surface area contributed by atoms with Crippen LogP contribution in [0.15, 0.2) is 47.1 Å². The zero-order chi connectivity index (χ0) is 17.2. The summed E-state index contributed by atoms with van der Waals surface area (Å²) >= 11 is 0. The number of carbonyl (C=O) groups excluding carboxylic acids is 1. The van der Waals surface area contributed by atoms with Gasteiger partial charge in [-0.05, 0) is 54.5 Å². The molecule has 1 fully saturated rings. The normalized spacial score (nSPS) is 15.5. The molecule has 0 saturated carbocycles. The second kappa shape index (κ2) is 6.46. The van der Waals surface area contributed by atoms with Gasteiger partial charge in [-0.3, -0.25) is 4.79 Å². The first-order valence-corrected chi connectivity index (χ1v) is 8.09. The minimum atomic E-state index is -0.301. The van der Waals surface area contributed by atoms with Crippen molar-refractivity contribution in [1.29, 1.82) is 0 Å². The predicted molar refractivity (Wildman–Crippen MR) is 86.1 cm³/mol. The van der Waals surface area contributed by atoms with Crippen LogP contribution in [-0.4, -0.2) is 44.1 Å². The van der Waals surface area contributed by atoms with E-state index in [0.29, 0.717) is 24.7 Å². The van der Waals surface area contributed by atoms with Gasteiger partial charge in [0.25, 0.3) is 5.91 Å². The molecule has 0 unspecified atom stereocenters. The van der Waals surface area contributed by atoms with E-state index in [1.54, 1.807) is 34.0 Å². The summed E-state index contributed by atoms with van der Waals surface area (Å²) in [5.41, 5.74) is 0.720. The number of benzene rings is 1. The number of tetrazole rings is 1. The van der Waals surface area contributed by atoms with Crippen LogP contribution < -0.4 is 0 Å². The third kappa shape index (κ3) is 3.15. The lowest BCUT2D eigenvalue weighted by Gasteiger charge is -2.30. The molecule has 2 aromatic heterocycles. The summed E-state index contributed by atoms with van der Waals surface area (Å²) in [5, 5.41) is 12.6. The minimum Gasteiger partial charge on any atom is -0.459 e. The molecule has 0 radical (unpaired) electrons. The molecular formula is C17H16FN5O2. The Kier molecular flexibility index (Phi) is 4.01. The maximum Gasteiger partial charge on any atom is 0.289 e. The standard InChI is InChI=1S/C17H16FN5O2/c18-13-5-3-12(4-6-13)16-19-21-23(20-16)14-7-9-22(10-8-14)17(24)15-2-1-11-25-15/h1-6,11,14H,7-10H2. The number of hydrogen-bond donors (Lipinski definition) is 0. The van der Waals surface area contributed by atoms with Crippen LogP contribution in [0.2, 0.25) is 0 Å². The number of rotatable bonds is 3. The lowest BCUT2D eigenvalue weighted by atomic mass is 10.1. The Morgan fingerprint density at radius 2 is 1.92 bits per heavy atom. The fourth-order valence-corrected chi connectivity index (χ4v) is 2.95. The van der Waals surface area contributed by atoms with Crippen molar-refractivity contribution in [3.05, 3.63) is 54.2 Å². The van der Waals surface area contributed by atoms with Gasteiger partial charge in [-0.2, -0.15) is 4.80 Å². The lowest BCUT2D eigenvalue weighted by Crippen LogP contribution is -2.39. The molecule has 0 N–H and O–H groups in total. The third-order valence-corrected chi connectivity index (χ3v) is 4.34. The van der Waals surface area contributed by atoms with Crippen molar-refractivity contribution in [3.8, 4) is 11.4 Å². The Bertz CT molecular complexity index is 852. The van der Waals surface area contributed by atoms with Crippen molar-refractivity contribution < 1.29 is 13.6 Å². The quantitative estimate of drug-likeness (QED) is 0.732. The molecule has 128 valence electrons. The molecule has 3 heterocycles. The number of amides is 1. The van der Waals surface area contributed by atoms with Crippen molar-refractivity contribution in [1.82, 2.24) is 25.1 Å². The molecule has 0 bridgehead atoms. The van der Waals surface area contributed by atoms with Crippen LogP contribution in [0.3, 0.4) is 0 Å². The van der Waals surface area contributed by atoms with Gasteiger partial charge < -0.3 is 9.32 Å². The van der Waals surface area contributed by atoms with E-state index in [2.05, 4.69) is 15.4 Å². The van der Waals surface area contributed by atoms with Crippen LogP contribution in [-0.2, 0) is 0 Å². The number of nitrogens with zero attached hydrogens (tertiary/aromatic N) is 5. The fourth-order valence-electron chi connectivity index (χ4n) is 2.95. The monoisotopic (exact) mass is 341 g/mol. The van der Waals surface area contributed by atoms with E-state index in [1.165, 1.54) is 18.4 Å². The van der Waals surface area contributed by atoms with E-state index in [0.717, 1.165) is 18.4 Å². The van der Waals surface area contributed by atoms with Crippen molar-refractivity contribution in [2.45, 2.75) is 18.9 Å². The highest BCUT2D eigenvalue weighted by Crippen LogP contribution is 2.23. The van der Waals surface area contributed by atoms with Gasteiger partial charge in [0.2, 0.25) is 5.82 Å². The van der Waals surface area contributed by atoms with Gasteiger partial charge in [-0.15, -0.1) is 10.2 Å². The number of carbonyl (C=O) groups is 1. The molecule has 1 aromatic carbocycles. The lowest BCUT2D eigenvalue weighted by molar-refractivity contribution is 0.0651. The minimum absolute atomic E-state index is 0.0855. The van der Waals surface area contributed by atoms with Crippen molar-refractivity contribution in [3.63, 3.8) is 0 Å². The average molecular weight is 341 g/mol. The Hall–Kier alpha value is -3.03. The summed E-state index contributed by atoms with van der Waals surface area (Å²) in [7, 11) is 0. The predicted octanol–water partition coefficient (Wildman–Crippen LogP) is 2.55. The topological polar surface area (TPSA) is 77.0 Å². The first-order chi connectivity index (χ1) is 12.2. The molecule has 0 atom stereocenters. The summed E-state index contributed by atoms with van der Waals surface area (Å²) in [5.74, 6) is 0.428. The number of hydrogen-bond acceptors (Lipinski definition) is 5. The van der Waals surface area contributed by atoms with Gasteiger partial charge >= 0.3 is 0 Å². The molecule has 1 aliphatic rings. The Morgan fingerprint density at radius 1 is 1.16 bits per heavy atom. The van der Waals surface area contributed by atoms with Gasteiger partial charge in [0, 0.05) is 18.7 Å². The highest BCUT2D eigenvalue weighted by molar-refractivity contribution is 5.91. The van der Waals surface area contributed by atoms with E-state index in [-0.39, 0.29) is 17.8 Å². The molecule has 0 spiro atoms. The highest BCUT2D eigenvalue weighted by Gasteiger charge is 2.27. The second-order valence-corrected chi connectivity index (χ2v) is 5.94. The van der Waals surface area contributed by atoms with E-state index >= 15 is 0 Å². The number of likely N-dealkylation sites (tertiary alicyclic amines) is 1. The van der Waals surface area contributed by atoms with Crippen LogP contribution in [0.1, 0.15) is 29.4 Å². The molecular weight excluding hydrogens is 325 g/mol. The van der Waals surface area contributed by atoms with Crippen LogP contribution >= 0.6 is 0 Å². The first-order valence-electron chi connectivity index (χ1n) is 8.09. The zero-order valence-corrected chi connectivity index (χ0v) is 13.4. The number of aromatic nitrogens is 4. The van der Waals surface area contributed by atoms with E-state index in [1.807, 2.05) is 0 Å². The number of piperidine rings is 1. The van der Waals surface area contributed by atoms with Crippen molar-refractivity contribution >= 4 is 5.91 Å². The number of halogens is 1. The summed E-state index contributed by atoms with van der Waals surface area (Å²) in [4.78, 5) is 15.6. The van der Waals surface area contributed by atoms with Crippen LogP contribution in [0.4, 0.5) is 4.39 Å². The number of furan rings is 1. The maximum absolute atomic E-state index is 13.0. The SMILES string of the molecule is O=C(c1ccco1)N1CCC(n2nnc(-c3ccc(F)cc3)n2)CC1. The first kappa shape index (κ1) is 15.5. The smallest absolute Gasteiger partial charge is 0.289 e. The Labute approximate surface area is 143 Å². The zero-order valence-electron chi connectivity index (χ0n) is 13.4.